The van der Waals surface area contributed by atoms with Crippen molar-refractivity contribution in [1.82, 2.24) is 5.32 Å². The van der Waals surface area contributed by atoms with Gasteiger partial charge in [-0.1, -0.05) is 56.7 Å². The van der Waals surface area contributed by atoms with E-state index in [4.69, 9.17) is 4.74 Å². The van der Waals surface area contributed by atoms with E-state index in [1.54, 1.807) is 11.3 Å². The molecule has 2 fully saturated rings. The minimum absolute atomic E-state index is 0.185. The minimum atomic E-state index is -0.947. The number of hydrogen-bond donors (Lipinski definition) is 2. The Morgan fingerprint density at radius 3 is 2.09 bits per heavy atom. The van der Waals surface area contributed by atoms with E-state index in [1.807, 2.05) is 23.6 Å². The van der Waals surface area contributed by atoms with Gasteiger partial charge in [-0.05, 0) is 59.9 Å². The smallest absolute Gasteiger partial charge is 0.336 e. The van der Waals surface area contributed by atoms with E-state index in [2.05, 4.69) is 11.4 Å². The molecule has 2 heterocycles. The molecule has 2 aliphatic carbocycles. The summed E-state index contributed by atoms with van der Waals surface area (Å²) >= 11 is 1.61. The van der Waals surface area contributed by atoms with E-state index in [1.165, 1.54) is 20.0 Å². The first-order valence-electron chi connectivity index (χ1n) is 12.6. The molecule has 1 atom stereocenters. The normalized spacial score (nSPS) is 22.7. The second kappa shape index (κ2) is 9.95. The van der Waals surface area contributed by atoms with Crippen LogP contribution in [-0.4, -0.2) is 24.2 Å². The molecule has 0 bridgehead atoms. The average Bonchev–Trinajstić information content (AvgIpc) is 3.32. The van der Waals surface area contributed by atoms with Crippen molar-refractivity contribution in [2.75, 3.05) is 7.11 Å². The number of thiophene rings is 1. The zero-order valence-electron chi connectivity index (χ0n) is 19.8. The van der Waals surface area contributed by atoms with Crippen LogP contribution in [0.3, 0.4) is 0 Å². The molecule has 1 aromatic carbocycles. The molecule has 180 valence electrons. The number of dihydropyridines is 1. The van der Waals surface area contributed by atoms with Crippen molar-refractivity contribution in [3.8, 4) is 0 Å². The van der Waals surface area contributed by atoms with Gasteiger partial charge >= 0.3 is 11.9 Å². The minimum Gasteiger partial charge on any atom is -0.478 e. The van der Waals surface area contributed by atoms with Gasteiger partial charge in [0.25, 0.3) is 0 Å². The van der Waals surface area contributed by atoms with Crippen molar-refractivity contribution < 1.29 is 19.4 Å². The van der Waals surface area contributed by atoms with Gasteiger partial charge in [0.2, 0.25) is 0 Å². The molecule has 5 rings (SSSR count). The summed E-state index contributed by atoms with van der Waals surface area (Å²) in [5, 5.41) is 17.3. The van der Waals surface area contributed by atoms with Gasteiger partial charge in [0.1, 0.15) is 0 Å². The van der Waals surface area contributed by atoms with E-state index in [-0.39, 0.29) is 11.8 Å². The molecule has 34 heavy (non-hydrogen) atoms. The standard InChI is InChI=1S/C28H33NO4S/c1-33-28(32)24-22(20-16-34-21-15-9-8-14-19(20)21)23(27(30)31)25(17-10-4-2-5-11-17)29-26(24)18-12-6-3-7-13-18/h8-9,14-18,22,29H,2-7,10-13H2,1H3,(H,30,31). The zero-order chi connectivity index (χ0) is 23.7. The lowest BCUT2D eigenvalue weighted by Crippen LogP contribution is -2.39. The topological polar surface area (TPSA) is 75.6 Å². The number of rotatable bonds is 5. The molecule has 0 spiro atoms. The summed E-state index contributed by atoms with van der Waals surface area (Å²) in [5.41, 5.74) is 3.48. The number of carbonyl (C=O) groups excluding carboxylic acids is 1. The first-order chi connectivity index (χ1) is 16.6. The van der Waals surface area contributed by atoms with Gasteiger partial charge in [-0.2, -0.15) is 0 Å². The van der Waals surface area contributed by atoms with Crippen LogP contribution in [0.4, 0.5) is 0 Å². The molecule has 6 heteroatoms. The summed E-state index contributed by atoms with van der Waals surface area (Å²) < 4.78 is 6.41. The Kier molecular flexibility index (Phi) is 6.77. The van der Waals surface area contributed by atoms with E-state index < -0.39 is 17.9 Å². The molecule has 3 aliphatic rings. The lowest BCUT2D eigenvalue weighted by molar-refractivity contribution is -0.136. The molecule has 1 aliphatic heterocycles. The number of aliphatic carboxylic acids is 1. The van der Waals surface area contributed by atoms with Crippen LogP contribution in [0.5, 0.6) is 0 Å². The first-order valence-corrected chi connectivity index (χ1v) is 13.5. The fourth-order valence-corrected chi connectivity index (χ4v) is 7.26. The van der Waals surface area contributed by atoms with E-state index in [9.17, 15) is 14.7 Å². The number of ether oxygens (including phenoxy) is 1. The highest BCUT2D eigenvalue weighted by Gasteiger charge is 2.43. The van der Waals surface area contributed by atoms with Gasteiger partial charge in [-0.3, -0.25) is 0 Å². The molecule has 1 unspecified atom stereocenters. The fraction of sp³-hybridized carbons (Fsp3) is 0.500. The lowest BCUT2D eigenvalue weighted by Gasteiger charge is -2.39. The number of esters is 1. The van der Waals surface area contributed by atoms with Crippen molar-refractivity contribution in [3.05, 3.63) is 57.7 Å². The number of nitrogens with one attached hydrogen (secondary N) is 1. The first kappa shape index (κ1) is 23.2. The quantitative estimate of drug-likeness (QED) is 0.478. The molecule has 5 nitrogen and oxygen atoms in total. The zero-order valence-corrected chi connectivity index (χ0v) is 20.6. The number of carbonyl (C=O) groups is 2. The number of methoxy groups -OCH3 is 1. The second-order valence-corrected chi connectivity index (χ2v) is 10.8. The SMILES string of the molecule is COC(=O)C1=C(C2CCCCC2)NC(C2CCCCC2)=C(C(=O)O)C1c1csc2ccccc12. The summed E-state index contributed by atoms with van der Waals surface area (Å²) in [4.78, 5) is 26.3. The van der Waals surface area contributed by atoms with Gasteiger partial charge in [-0.25, -0.2) is 9.59 Å². The summed E-state index contributed by atoms with van der Waals surface area (Å²) in [6, 6.07) is 8.07. The third-order valence-electron chi connectivity index (χ3n) is 7.91. The van der Waals surface area contributed by atoms with Gasteiger partial charge in [0, 0.05) is 16.1 Å². The van der Waals surface area contributed by atoms with Gasteiger partial charge in [0.15, 0.2) is 0 Å². The Morgan fingerprint density at radius 2 is 1.50 bits per heavy atom. The van der Waals surface area contributed by atoms with Crippen molar-refractivity contribution in [3.63, 3.8) is 0 Å². The number of benzene rings is 1. The Morgan fingerprint density at radius 1 is 0.912 bits per heavy atom. The van der Waals surface area contributed by atoms with Crippen LogP contribution in [0.1, 0.15) is 75.7 Å². The Bertz CT molecular complexity index is 1150. The van der Waals surface area contributed by atoms with Crippen molar-refractivity contribution >= 4 is 33.4 Å². The molecule has 0 radical (unpaired) electrons. The number of allylic oxidation sites excluding steroid dienone is 2. The largest absolute Gasteiger partial charge is 0.478 e. The molecule has 0 amide bonds. The number of hydrogen-bond acceptors (Lipinski definition) is 5. The fourth-order valence-electron chi connectivity index (χ4n) is 6.27. The Hall–Kier alpha value is -2.60. The maximum atomic E-state index is 13.4. The van der Waals surface area contributed by atoms with Crippen LogP contribution in [0.25, 0.3) is 10.1 Å². The molecular formula is C28H33NO4S. The van der Waals surface area contributed by atoms with Crippen molar-refractivity contribution in [2.45, 2.75) is 70.1 Å². The van der Waals surface area contributed by atoms with Crippen molar-refractivity contribution in [2.24, 2.45) is 11.8 Å². The molecule has 0 saturated heterocycles. The molecule has 2 saturated carbocycles. The molecule has 1 aromatic heterocycles. The Balaban J connectivity index is 1.76. The van der Waals surface area contributed by atoms with Crippen LogP contribution in [0, 0.1) is 11.8 Å². The third kappa shape index (κ3) is 4.17. The van der Waals surface area contributed by atoms with E-state index in [0.29, 0.717) is 11.1 Å². The predicted molar refractivity (Wildman–Crippen MR) is 135 cm³/mol. The van der Waals surface area contributed by atoms with Crippen LogP contribution in [0.15, 0.2) is 52.2 Å². The number of fused-ring (bicyclic) bond motifs is 1. The van der Waals surface area contributed by atoms with Crippen LogP contribution >= 0.6 is 11.3 Å². The highest BCUT2D eigenvalue weighted by Crippen LogP contribution is 2.48. The van der Waals surface area contributed by atoms with Gasteiger partial charge in [-0.15, -0.1) is 11.3 Å². The maximum absolute atomic E-state index is 13.4. The molecule has 2 aromatic rings. The second-order valence-electron chi connectivity index (χ2n) is 9.87. The predicted octanol–water partition coefficient (Wildman–Crippen LogP) is 6.51. The highest BCUT2D eigenvalue weighted by atomic mass is 32.1. The van der Waals surface area contributed by atoms with E-state index in [0.717, 1.165) is 78.4 Å². The van der Waals surface area contributed by atoms with Gasteiger partial charge in [0.05, 0.1) is 24.2 Å². The Labute approximate surface area is 204 Å². The number of carboxylic acid groups (broad SMARTS) is 1. The summed E-state index contributed by atoms with van der Waals surface area (Å²) in [5.74, 6) is -1.59. The van der Waals surface area contributed by atoms with Crippen LogP contribution < -0.4 is 5.32 Å². The summed E-state index contributed by atoms with van der Waals surface area (Å²) in [6.45, 7) is 0. The maximum Gasteiger partial charge on any atom is 0.336 e. The van der Waals surface area contributed by atoms with Gasteiger partial charge < -0.3 is 15.2 Å². The van der Waals surface area contributed by atoms with Crippen LogP contribution in [-0.2, 0) is 14.3 Å². The lowest BCUT2D eigenvalue weighted by atomic mass is 9.72. The highest BCUT2D eigenvalue weighted by molar-refractivity contribution is 7.17. The monoisotopic (exact) mass is 479 g/mol. The van der Waals surface area contributed by atoms with Crippen molar-refractivity contribution in [1.29, 1.82) is 0 Å². The van der Waals surface area contributed by atoms with E-state index >= 15 is 0 Å². The average molecular weight is 480 g/mol. The third-order valence-corrected chi connectivity index (χ3v) is 8.89. The summed E-state index contributed by atoms with van der Waals surface area (Å²) in [6.07, 6.45) is 10.9. The molecular weight excluding hydrogens is 446 g/mol. The molecule has 2 N–H and O–H groups in total. The number of carboxylic acids is 1. The summed E-state index contributed by atoms with van der Waals surface area (Å²) in [7, 11) is 1.40. The van der Waals surface area contributed by atoms with Crippen LogP contribution in [0.2, 0.25) is 0 Å².